The van der Waals surface area contributed by atoms with Crippen LogP contribution in [0.4, 0.5) is 0 Å². The Morgan fingerprint density at radius 2 is 2.13 bits per heavy atom. The van der Waals surface area contributed by atoms with Crippen molar-refractivity contribution in [1.29, 1.82) is 5.26 Å². The van der Waals surface area contributed by atoms with Crippen molar-refractivity contribution in [3.63, 3.8) is 0 Å². The van der Waals surface area contributed by atoms with E-state index in [1.165, 1.54) is 6.07 Å². The van der Waals surface area contributed by atoms with Gasteiger partial charge in [-0.05, 0) is 24.3 Å². The molecular formula is C11H12N2O2. The number of nitrogens with zero attached hydrogens (tertiary/aromatic N) is 1. The van der Waals surface area contributed by atoms with Crippen LogP contribution in [0.3, 0.4) is 0 Å². The first-order valence-electron chi connectivity index (χ1n) is 5.08. The summed E-state index contributed by atoms with van der Waals surface area (Å²) in [5.74, 6) is -0.0419. The van der Waals surface area contributed by atoms with Crippen LogP contribution in [0.15, 0.2) is 10.9 Å². The lowest BCUT2D eigenvalue weighted by atomic mass is 9.94. The van der Waals surface area contributed by atoms with Gasteiger partial charge in [-0.25, -0.2) is 0 Å². The van der Waals surface area contributed by atoms with E-state index in [2.05, 4.69) is 4.98 Å². The van der Waals surface area contributed by atoms with Gasteiger partial charge in [0.2, 0.25) is 5.88 Å². The topological polar surface area (TPSA) is 76.9 Å². The molecule has 0 unspecified atom stereocenters. The third kappa shape index (κ3) is 1.73. The molecule has 0 amide bonds. The maximum Gasteiger partial charge on any atom is 0.251 e. The monoisotopic (exact) mass is 204 g/mol. The van der Waals surface area contributed by atoms with Gasteiger partial charge in [0.1, 0.15) is 11.6 Å². The standard InChI is InChI=1S/C11H12N2O2/c12-6-9-8(7-3-1-2-4-7)5-10(14)13-11(9)15/h5,7H,1-4H2,(H2,13,14,15). The molecular weight excluding hydrogens is 192 g/mol. The van der Waals surface area contributed by atoms with Crippen LogP contribution in [-0.2, 0) is 0 Å². The predicted molar refractivity (Wildman–Crippen MR) is 54.7 cm³/mol. The van der Waals surface area contributed by atoms with Gasteiger partial charge < -0.3 is 5.11 Å². The third-order valence-electron chi connectivity index (χ3n) is 2.96. The first-order chi connectivity index (χ1) is 7.22. The Balaban J connectivity index is 2.53. The van der Waals surface area contributed by atoms with Gasteiger partial charge in [0, 0.05) is 6.07 Å². The highest BCUT2D eigenvalue weighted by Gasteiger charge is 2.22. The lowest BCUT2D eigenvalue weighted by molar-refractivity contribution is 0.447. The van der Waals surface area contributed by atoms with Crippen molar-refractivity contribution in [3.8, 4) is 11.9 Å². The molecule has 2 rings (SSSR count). The maximum absolute atomic E-state index is 11.2. The SMILES string of the molecule is N#Cc1c(C2CCCC2)cc(=O)[nH]c1O. The molecule has 1 aliphatic rings. The van der Waals surface area contributed by atoms with Crippen LogP contribution in [-0.4, -0.2) is 10.1 Å². The average Bonchev–Trinajstić information content (AvgIpc) is 2.69. The molecule has 78 valence electrons. The van der Waals surface area contributed by atoms with Gasteiger partial charge in [-0.15, -0.1) is 0 Å². The number of hydrogen-bond donors (Lipinski definition) is 2. The average molecular weight is 204 g/mol. The fourth-order valence-corrected chi connectivity index (χ4v) is 2.24. The highest BCUT2D eigenvalue weighted by molar-refractivity contribution is 5.45. The molecule has 1 fully saturated rings. The molecule has 0 aromatic carbocycles. The van der Waals surface area contributed by atoms with Crippen molar-refractivity contribution in [3.05, 3.63) is 27.5 Å². The van der Waals surface area contributed by atoms with Crippen LogP contribution >= 0.6 is 0 Å². The van der Waals surface area contributed by atoms with Gasteiger partial charge in [-0.3, -0.25) is 9.78 Å². The summed E-state index contributed by atoms with van der Waals surface area (Å²) in [5.41, 5.74) is 0.589. The Morgan fingerprint density at radius 3 is 2.73 bits per heavy atom. The summed E-state index contributed by atoms with van der Waals surface area (Å²) < 4.78 is 0. The Morgan fingerprint density at radius 1 is 1.47 bits per heavy atom. The fraction of sp³-hybridized carbons (Fsp3) is 0.455. The minimum absolute atomic E-state index is 0.224. The zero-order chi connectivity index (χ0) is 10.8. The van der Waals surface area contributed by atoms with Crippen molar-refractivity contribution >= 4 is 0 Å². The van der Waals surface area contributed by atoms with Crippen molar-refractivity contribution in [2.45, 2.75) is 31.6 Å². The molecule has 0 bridgehead atoms. The van der Waals surface area contributed by atoms with E-state index in [0.29, 0.717) is 5.56 Å². The van der Waals surface area contributed by atoms with E-state index < -0.39 is 0 Å². The van der Waals surface area contributed by atoms with E-state index in [-0.39, 0.29) is 22.9 Å². The van der Waals surface area contributed by atoms with Crippen molar-refractivity contribution in [2.75, 3.05) is 0 Å². The van der Waals surface area contributed by atoms with Crippen molar-refractivity contribution in [2.24, 2.45) is 0 Å². The molecule has 2 N–H and O–H groups in total. The summed E-state index contributed by atoms with van der Waals surface area (Å²) in [6.07, 6.45) is 4.25. The summed E-state index contributed by atoms with van der Waals surface area (Å²) in [5, 5.41) is 18.4. The Kier molecular flexibility index (Phi) is 2.46. The lowest BCUT2D eigenvalue weighted by Gasteiger charge is -2.11. The van der Waals surface area contributed by atoms with Gasteiger partial charge in [-0.2, -0.15) is 5.26 Å². The number of aromatic hydroxyl groups is 1. The normalized spacial score (nSPS) is 16.5. The first kappa shape index (κ1) is 9.78. The van der Waals surface area contributed by atoms with E-state index >= 15 is 0 Å². The Hall–Kier alpha value is -1.76. The molecule has 15 heavy (non-hydrogen) atoms. The smallest absolute Gasteiger partial charge is 0.251 e. The number of H-pyrrole nitrogens is 1. The van der Waals surface area contributed by atoms with Crippen LogP contribution in [0, 0.1) is 11.3 Å². The van der Waals surface area contributed by atoms with E-state index in [9.17, 15) is 9.90 Å². The molecule has 0 spiro atoms. The Bertz CT molecular complexity index is 464. The summed E-state index contributed by atoms with van der Waals surface area (Å²) in [4.78, 5) is 13.4. The summed E-state index contributed by atoms with van der Waals surface area (Å²) >= 11 is 0. The molecule has 1 heterocycles. The molecule has 0 radical (unpaired) electrons. The molecule has 4 nitrogen and oxygen atoms in total. The lowest BCUT2D eigenvalue weighted by Crippen LogP contribution is -2.10. The molecule has 1 aromatic rings. The quantitative estimate of drug-likeness (QED) is 0.729. The summed E-state index contributed by atoms with van der Waals surface area (Å²) in [6.45, 7) is 0. The zero-order valence-electron chi connectivity index (χ0n) is 8.29. The number of nitrogens with one attached hydrogen (secondary N) is 1. The predicted octanol–water partition coefficient (Wildman–Crippen LogP) is 1.61. The van der Waals surface area contributed by atoms with Gasteiger partial charge in [-0.1, -0.05) is 12.8 Å². The van der Waals surface area contributed by atoms with E-state index in [1.54, 1.807) is 0 Å². The third-order valence-corrected chi connectivity index (χ3v) is 2.96. The molecule has 0 saturated heterocycles. The summed E-state index contributed by atoms with van der Waals surface area (Å²) in [6, 6.07) is 3.39. The number of aromatic amines is 1. The van der Waals surface area contributed by atoms with Crippen molar-refractivity contribution in [1.82, 2.24) is 4.98 Å². The highest BCUT2D eigenvalue weighted by atomic mass is 16.3. The highest BCUT2D eigenvalue weighted by Crippen LogP contribution is 2.36. The van der Waals surface area contributed by atoms with Crippen LogP contribution in [0.5, 0.6) is 5.88 Å². The van der Waals surface area contributed by atoms with Crippen LogP contribution in [0.25, 0.3) is 0 Å². The molecule has 1 aliphatic carbocycles. The van der Waals surface area contributed by atoms with Gasteiger partial charge in [0.05, 0.1) is 0 Å². The minimum Gasteiger partial charge on any atom is -0.494 e. The van der Waals surface area contributed by atoms with E-state index in [4.69, 9.17) is 5.26 Å². The molecule has 1 aromatic heterocycles. The Labute approximate surface area is 87.2 Å². The second-order valence-electron chi connectivity index (χ2n) is 3.91. The second-order valence-corrected chi connectivity index (χ2v) is 3.91. The number of hydrogen-bond acceptors (Lipinski definition) is 3. The molecule has 0 atom stereocenters. The van der Waals surface area contributed by atoms with Crippen LogP contribution in [0.2, 0.25) is 0 Å². The minimum atomic E-state index is -0.339. The van der Waals surface area contributed by atoms with Gasteiger partial charge in [0.25, 0.3) is 5.56 Å². The first-order valence-corrected chi connectivity index (χ1v) is 5.08. The van der Waals surface area contributed by atoms with Crippen molar-refractivity contribution < 1.29 is 5.11 Å². The zero-order valence-corrected chi connectivity index (χ0v) is 8.29. The molecule has 1 saturated carbocycles. The van der Waals surface area contributed by atoms with Crippen LogP contribution < -0.4 is 5.56 Å². The van der Waals surface area contributed by atoms with E-state index in [1.807, 2.05) is 6.07 Å². The summed E-state index contributed by atoms with van der Waals surface area (Å²) in [7, 11) is 0. The number of aromatic nitrogens is 1. The van der Waals surface area contributed by atoms with E-state index in [0.717, 1.165) is 25.7 Å². The van der Waals surface area contributed by atoms with Crippen LogP contribution in [0.1, 0.15) is 42.7 Å². The second kappa shape index (κ2) is 3.77. The number of pyridine rings is 1. The van der Waals surface area contributed by atoms with Gasteiger partial charge in [0.15, 0.2) is 0 Å². The number of nitriles is 1. The fourth-order valence-electron chi connectivity index (χ4n) is 2.24. The molecule has 4 heteroatoms. The van der Waals surface area contributed by atoms with Gasteiger partial charge >= 0.3 is 0 Å². The largest absolute Gasteiger partial charge is 0.494 e. The maximum atomic E-state index is 11.2. The molecule has 0 aliphatic heterocycles. The number of rotatable bonds is 1.